The third kappa shape index (κ3) is 4.59. The van der Waals surface area contributed by atoms with Crippen LogP contribution < -0.4 is 0 Å². The summed E-state index contributed by atoms with van der Waals surface area (Å²) in [4.78, 5) is 15.4. The first-order valence-electron chi connectivity index (χ1n) is 5.38. The van der Waals surface area contributed by atoms with Gasteiger partial charge in [0.25, 0.3) is 0 Å². The summed E-state index contributed by atoms with van der Waals surface area (Å²) in [7, 11) is 1.42. The maximum Gasteiger partial charge on any atom is 0.319 e. The number of esters is 1. The monoisotopic (exact) mass is 216 g/mol. The van der Waals surface area contributed by atoms with Crippen LogP contribution in [0.15, 0.2) is 0 Å². The Bertz CT molecular complexity index is 191. The summed E-state index contributed by atoms with van der Waals surface area (Å²) in [5.74, 6) is -0.168. The molecule has 15 heavy (non-hydrogen) atoms. The molecule has 0 bridgehead atoms. The molecule has 0 aliphatic carbocycles. The van der Waals surface area contributed by atoms with Gasteiger partial charge in [0.15, 0.2) is 0 Å². The lowest BCUT2D eigenvalue weighted by molar-refractivity contribution is -0.142. The molecule has 88 valence electrons. The number of piperazine rings is 1. The highest BCUT2D eigenvalue weighted by Crippen LogP contribution is 2.02. The van der Waals surface area contributed by atoms with E-state index in [2.05, 4.69) is 14.5 Å². The van der Waals surface area contributed by atoms with Gasteiger partial charge in [0.05, 0.1) is 13.7 Å². The van der Waals surface area contributed by atoms with Gasteiger partial charge in [-0.1, -0.05) is 0 Å². The molecular weight excluding hydrogens is 196 g/mol. The molecule has 0 spiro atoms. The minimum absolute atomic E-state index is 0.168. The third-order valence-corrected chi connectivity index (χ3v) is 2.68. The van der Waals surface area contributed by atoms with E-state index in [4.69, 9.17) is 5.11 Å². The number of ether oxygens (including phenoxy) is 1. The predicted octanol–water partition coefficient (Wildman–Crippen LogP) is -0.841. The standard InChI is InChI=1S/C10H20N2O3/c1-15-10(14)9-12-6-4-11(5-7-12)3-2-8-13/h13H,2-9H2,1H3. The van der Waals surface area contributed by atoms with Crippen LogP contribution >= 0.6 is 0 Å². The molecule has 5 nitrogen and oxygen atoms in total. The zero-order valence-electron chi connectivity index (χ0n) is 9.31. The maximum atomic E-state index is 11.0. The van der Waals surface area contributed by atoms with Crippen LogP contribution in [0.2, 0.25) is 0 Å². The van der Waals surface area contributed by atoms with Gasteiger partial charge in [-0.05, 0) is 6.42 Å². The van der Waals surface area contributed by atoms with Gasteiger partial charge in [-0.3, -0.25) is 9.69 Å². The molecule has 0 radical (unpaired) electrons. The first-order valence-corrected chi connectivity index (χ1v) is 5.38. The number of aliphatic hydroxyl groups is 1. The Kier molecular flexibility index (Phi) is 5.60. The predicted molar refractivity (Wildman–Crippen MR) is 56.6 cm³/mol. The highest BCUT2D eigenvalue weighted by Gasteiger charge is 2.18. The van der Waals surface area contributed by atoms with E-state index in [1.54, 1.807) is 0 Å². The second-order valence-electron chi connectivity index (χ2n) is 3.77. The summed E-state index contributed by atoms with van der Waals surface area (Å²) in [6, 6.07) is 0. The summed E-state index contributed by atoms with van der Waals surface area (Å²) in [5.41, 5.74) is 0. The van der Waals surface area contributed by atoms with Crippen LogP contribution in [0.1, 0.15) is 6.42 Å². The molecule has 0 aromatic rings. The number of methoxy groups -OCH3 is 1. The van der Waals surface area contributed by atoms with Gasteiger partial charge in [-0.2, -0.15) is 0 Å². The number of aliphatic hydroxyl groups excluding tert-OH is 1. The van der Waals surface area contributed by atoms with Gasteiger partial charge in [-0.15, -0.1) is 0 Å². The van der Waals surface area contributed by atoms with Crippen molar-refractivity contribution < 1.29 is 14.6 Å². The molecule has 1 saturated heterocycles. The molecule has 1 rings (SSSR count). The average molecular weight is 216 g/mol. The summed E-state index contributed by atoms with van der Waals surface area (Å²) in [6.45, 7) is 5.34. The lowest BCUT2D eigenvalue weighted by atomic mass is 10.3. The molecule has 0 atom stereocenters. The van der Waals surface area contributed by atoms with Crippen LogP contribution in [-0.4, -0.2) is 73.9 Å². The smallest absolute Gasteiger partial charge is 0.319 e. The van der Waals surface area contributed by atoms with Crippen LogP contribution in [0, 0.1) is 0 Å². The van der Waals surface area contributed by atoms with E-state index in [9.17, 15) is 4.79 Å². The summed E-state index contributed by atoms with van der Waals surface area (Å²) in [5, 5.41) is 8.70. The Morgan fingerprint density at radius 3 is 2.40 bits per heavy atom. The number of hydrogen-bond acceptors (Lipinski definition) is 5. The van der Waals surface area contributed by atoms with Crippen molar-refractivity contribution in [3.8, 4) is 0 Å². The summed E-state index contributed by atoms with van der Waals surface area (Å²) in [6.07, 6.45) is 0.830. The van der Waals surface area contributed by atoms with Gasteiger partial charge in [0, 0.05) is 39.3 Å². The van der Waals surface area contributed by atoms with Crippen molar-refractivity contribution in [2.24, 2.45) is 0 Å². The van der Waals surface area contributed by atoms with Crippen LogP contribution in [0.3, 0.4) is 0 Å². The van der Waals surface area contributed by atoms with Crippen LogP contribution in [-0.2, 0) is 9.53 Å². The normalized spacial score (nSPS) is 19.1. The minimum Gasteiger partial charge on any atom is -0.468 e. The largest absolute Gasteiger partial charge is 0.468 e. The molecule has 1 heterocycles. The molecule has 0 amide bonds. The molecule has 1 aliphatic heterocycles. The van der Waals surface area contributed by atoms with Gasteiger partial charge in [0.2, 0.25) is 0 Å². The van der Waals surface area contributed by atoms with Gasteiger partial charge < -0.3 is 14.7 Å². The second kappa shape index (κ2) is 6.76. The zero-order chi connectivity index (χ0) is 11.1. The lowest BCUT2D eigenvalue weighted by Gasteiger charge is -2.33. The highest BCUT2D eigenvalue weighted by atomic mass is 16.5. The number of carbonyl (C=O) groups is 1. The number of hydrogen-bond donors (Lipinski definition) is 1. The van der Waals surface area contributed by atoms with Crippen LogP contribution in [0.25, 0.3) is 0 Å². The topological polar surface area (TPSA) is 53.0 Å². The molecule has 0 aromatic carbocycles. The molecule has 1 N–H and O–H groups in total. The first-order chi connectivity index (χ1) is 7.26. The molecule has 1 fully saturated rings. The summed E-state index contributed by atoms with van der Waals surface area (Å²) < 4.78 is 4.62. The molecule has 0 saturated carbocycles. The fourth-order valence-electron chi connectivity index (χ4n) is 1.71. The number of nitrogens with zero attached hydrogens (tertiary/aromatic N) is 2. The van der Waals surface area contributed by atoms with Crippen molar-refractivity contribution in [1.29, 1.82) is 0 Å². The number of carbonyl (C=O) groups excluding carboxylic acids is 1. The maximum absolute atomic E-state index is 11.0. The second-order valence-corrected chi connectivity index (χ2v) is 3.77. The van der Waals surface area contributed by atoms with E-state index in [1.807, 2.05) is 0 Å². The van der Waals surface area contributed by atoms with E-state index in [0.717, 1.165) is 39.1 Å². The molecular formula is C10H20N2O3. The lowest BCUT2D eigenvalue weighted by Crippen LogP contribution is -2.48. The molecule has 0 aromatic heterocycles. The Hall–Kier alpha value is -0.650. The van der Waals surface area contributed by atoms with E-state index in [1.165, 1.54) is 7.11 Å². The van der Waals surface area contributed by atoms with Crippen molar-refractivity contribution in [3.05, 3.63) is 0 Å². The van der Waals surface area contributed by atoms with Gasteiger partial charge >= 0.3 is 5.97 Å². The number of rotatable bonds is 5. The molecule has 1 aliphatic rings. The zero-order valence-corrected chi connectivity index (χ0v) is 9.31. The fourth-order valence-corrected chi connectivity index (χ4v) is 1.71. The third-order valence-electron chi connectivity index (χ3n) is 2.68. The van der Waals surface area contributed by atoms with Crippen molar-refractivity contribution >= 4 is 5.97 Å². The Labute approximate surface area is 90.6 Å². The van der Waals surface area contributed by atoms with Crippen molar-refractivity contribution in [3.63, 3.8) is 0 Å². The fraction of sp³-hybridized carbons (Fsp3) is 0.900. The Morgan fingerprint density at radius 2 is 1.87 bits per heavy atom. The van der Waals surface area contributed by atoms with E-state index in [-0.39, 0.29) is 12.6 Å². The van der Waals surface area contributed by atoms with Crippen LogP contribution in [0.5, 0.6) is 0 Å². The quantitative estimate of drug-likeness (QED) is 0.607. The molecule has 0 unspecified atom stereocenters. The van der Waals surface area contributed by atoms with E-state index in [0.29, 0.717) is 6.54 Å². The average Bonchev–Trinajstić information content (AvgIpc) is 2.28. The Balaban J connectivity index is 2.15. The minimum atomic E-state index is -0.168. The summed E-state index contributed by atoms with van der Waals surface area (Å²) >= 11 is 0. The van der Waals surface area contributed by atoms with Gasteiger partial charge in [0.1, 0.15) is 0 Å². The van der Waals surface area contributed by atoms with Crippen molar-refractivity contribution in [2.75, 3.05) is 53.0 Å². The molecule has 5 heteroatoms. The van der Waals surface area contributed by atoms with Crippen molar-refractivity contribution in [1.82, 2.24) is 9.80 Å². The van der Waals surface area contributed by atoms with Crippen molar-refractivity contribution in [2.45, 2.75) is 6.42 Å². The van der Waals surface area contributed by atoms with E-state index < -0.39 is 0 Å². The van der Waals surface area contributed by atoms with Crippen LogP contribution in [0.4, 0.5) is 0 Å². The van der Waals surface area contributed by atoms with E-state index >= 15 is 0 Å². The Morgan fingerprint density at radius 1 is 1.27 bits per heavy atom. The first kappa shape index (κ1) is 12.4. The van der Waals surface area contributed by atoms with Gasteiger partial charge in [-0.25, -0.2) is 0 Å². The SMILES string of the molecule is COC(=O)CN1CCN(CCCO)CC1. The highest BCUT2D eigenvalue weighted by molar-refractivity contribution is 5.71.